The monoisotopic (exact) mass is 307 g/mol. The molecule has 1 N–H and O–H groups in total. The van der Waals surface area contributed by atoms with Crippen molar-refractivity contribution in [3.8, 4) is 0 Å². The second kappa shape index (κ2) is 7.57. The molecule has 0 fully saturated rings. The highest BCUT2D eigenvalue weighted by atomic mass is 32.2. The van der Waals surface area contributed by atoms with Crippen LogP contribution in [0.15, 0.2) is 52.3 Å². The van der Waals surface area contributed by atoms with Gasteiger partial charge in [-0.15, -0.1) is 0 Å². The van der Waals surface area contributed by atoms with E-state index in [1.54, 1.807) is 24.3 Å². The molecular weight excluding hydrogens is 288 g/mol. The highest BCUT2D eigenvalue weighted by Gasteiger charge is 2.11. The first-order valence-electron chi connectivity index (χ1n) is 6.98. The normalized spacial score (nSPS) is 11.1. The molecule has 0 aliphatic carbocycles. The number of nitrogens with one attached hydrogen (secondary N) is 1. The molecule has 0 aliphatic rings. The van der Waals surface area contributed by atoms with Gasteiger partial charge in [-0.25, -0.2) is 8.78 Å². The maximum atomic E-state index is 14.0. The van der Waals surface area contributed by atoms with E-state index >= 15 is 0 Å². The summed E-state index contributed by atoms with van der Waals surface area (Å²) in [5, 5.41) is 3.24. The van der Waals surface area contributed by atoms with Gasteiger partial charge in [0.05, 0.1) is 0 Å². The van der Waals surface area contributed by atoms with E-state index in [-0.39, 0.29) is 11.6 Å². The number of hydrogen-bond acceptors (Lipinski definition) is 2. The Morgan fingerprint density at radius 1 is 0.952 bits per heavy atom. The lowest BCUT2D eigenvalue weighted by Gasteiger charge is -2.13. The van der Waals surface area contributed by atoms with Crippen LogP contribution in [0.4, 0.5) is 8.78 Å². The molecule has 4 heteroatoms. The fourth-order valence-corrected chi connectivity index (χ4v) is 2.93. The predicted octanol–water partition coefficient (Wildman–Crippen LogP) is 4.86. The van der Waals surface area contributed by atoms with Gasteiger partial charge >= 0.3 is 0 Å². The van der Waals surface area contributed by atoms with Crippen molar-refractivity contribution in [3.05, 3.63) is 59.7 Å². The van der Waals surface area contributed by atoms with Gasteiger partial charge in [0.15, 0.2) is 0 Å². The summed E-state index contributed by atoms with van der Waals surface area (Å²) in [6, 6.07) is 11.5. The van der Waals surface area contributed by atoms with E-state index in [1.165, 1.54) is 23.9 Å². The molecule has 0 radical (unpaired) electrons. The zero-order chi connectivity index (χ0) is 15.2. The van der Waals surface area contributed by atoms with E-state index in [0.717, 1.165) is 11.4 Å². The van der Waals surface area contributed by atoms with Crippen LogP contribution in [-0.2, 0) is 6.54 Å². The van der Waals surface area contributed by atoms with Gasteiger partial charge in [0.1, 0.15) is 11.6 Å². The molecule has 0 spiro atoms. The van der Waals surface area contributed by atoms with Gasteiger partial charge in [0.25, 0.3) is 0 Å². The molecule has 0 aromatic heterocycles. The van der Waals surface area contributed by atoms with Crippen molar-refractivity contribution >= 4 is 11.8 Å². The van der Waals surface area contributed by atoms with Crippen molar-refractivity contribution in [2.45, 2.75) is 30.2 Å². The SMILES string of the molecule is CC(C)CNCc1c(F)cccc1Sc1ccccc1F. The molecule has 0 atom stereocenters. The Bertz CT molecular complexity index is 599. The van der Waals surface area contributed by atoms with Crippen LogP contribution in [0, 0.1) is 17.6 Å². The molecule has 0 saturated carbocycles. The van der Waals surface area contributed by atoms with E-state index in [0.29, 0.717) is 22.9 Å². The van der Waals surface area contributed by atoms with Gasteiger partial charge in [-0.2, -0.15) is 0 Å². The third-order valence-electron chi connectivity index (χ3n) is 2.99. The van der Waals surface area contributed by atoms with Crippen LogP contribution in [0.5, 0.6) is 0 Å². The predicted molar refractivity (Wildman–Crippen MR) is 83.5 cm³/mol. The molecule has 21 heavy (non-hydrogen) atoms. The van der Waals surface area contributed by atoms with Crippen LogP contribution in [0.2, 0.25) is 0 Å². The van der Waals surface area contributed by atoms with Crippen molar-refractivity contribution in [2.75, 3.05) is 6.54 Å². The minimum Gasteiger partial charge on any atom is -0.312 e. The topological polar surface area (TPSA) is 12.0 Å². The van der Waals surface area contributed by atoms with Crippen LogP contribution in [0.3, 0.4) is 0 Å². The second-order valence-corrected chi connectivity index (χ2v) is 6.36. The summed E-state index contributed by atoms with van der Waals surface area (Å²) in [5.41, 5.74) is 0.589. The smallest absolute Gasteiger partial charge is 0.137 e. The number of benzene rings is 2. The maximum absolute atomic E-state index is 14.0. The Morgan fingerprint density at radius 3 is 2.33 bits per heavy atom. The zero-order valence-corrected chi connectivity index (χ0v) is 13.0. The van der Waals surface area contributed by atoms with Crippen LogP contribution in [0.1, 0.15) is 19.4 Å². The average molecular weight is 307 g/mol. The lowest BCUT2D eigenvalue weighted by Crippen LogP contribution is -2.20. The van der Waals surface area contributed by atoms with Crippen LogP contribution < -0.4 is 5.32 Å². The van der Waals surface area contributed by atoms with Crippen LogP contribution in [-0.4, -0.2) is 6.54 Å². The van der Waals surface area contributed by atoms with Gasteiger partial charge in [0, 0.05) is 21.9 Å². The largest absolute Gasteiger partial charge is 0.312 e. The van der Waals surface area contributed by atoms with Crippen molar-refractivity contribution in [1.82, 2.24) is 5.32 Å². The highest BCUT2D eigenvalue weighted by molar-refractivity contribution is 7.99. The lowest BCUT2D eigenvalue weighted by atomic mass is 10.2. The first-order chi connectivity index (χ1) is 10.1. The van der Waals surface area contributed by atoms with Crippen molar-refractivity contribution in [1.29, 1.82) is 0 Å². The fourth-order valence-electron chi connectivity index (χ4n) is 1.94. The summed E-state index contributed by atoms with van der Waals surface area (Å²) in [4.78, 5) is 1.25. The molecule has 0 aliphatic heterocycles. The molecule has 2 aromatic carbocycles. The first kappa shape index (κ1) is 16.0. The summed E-state index contributed by atoms with van der Waals surface area (Å²) < 4.78 is 27.8. The molecule has 2 rings (SSSR count). The first-order valence-corrected chi connectivity index (χ1v) is 7.80. The summed E-state index contributed by atoms with van der Waals surface area (Å²) in [6.45, 7) is 5.46. The average Bonchev–Trinajstić information content (AvgIpc) is 2.44. The van der Waals surface area contributed by atoms with Crippen molar-refractivity contribution < 1.29 is 8.78 Å². The maximum Gasteiger partial charge on any atom is 0.137 e. The molecule has 0 bridgehead atoms. The lowest BCUT2D eigenvalue weighted by molar-refractivity contribution is 0.530. The quantitative estimate of drug-likeness (QED) is 0.818. The Morgan fingerprint density at radius 2 is 1.62 bits per heavy atom. The van der Waals surface area contributed by atoms with Gasteiger partial charge < -0.3 is 5.32 Å². The molecular formula is C17H19F2NS. The van der Waals surface area contributed by atoms with E-state index in [2.05, 4.69) is 19.2 Å². The van der Waals surface area contributed by atoms with E-state index in [1.807, 2.05) is 6.07 Å². The minimum absolute atomic E-state index is 0.257. The van der Waals surface area contributed by atoms with E-state index < -0.39 is 0 Å². The van der Waals surface area contributed by atoms with Crippen molar-refractivity contribution in [2.24, 2.45) is 5.92 Å². The molecule has 2 aromatic rings. The summed E-state index contributed by atoms with van der Waals surface area (Å²) in [7, 11) is 0. The van der Waals surface area contributed by atoms with E-state index in [4.69, 9.17) is 0 Å². The molecule has 0 amide bonds. The Kier molecular flexibility index (Phi) is 5.76. The van der Waals surface area contributed by atoms with E-state index in [9.17, 15) is 8.78 Å². The summed E-state index contributed by atoms with van der Waals surface area (Å²) in [5.74, 6) is -0.0418. The third kappa shape index (κ3) is 4.55. The van der Waals surface area contributed by atoms with Gasteiger partial charge in [-0.05, 0) is 36.7 Å². The molecule has 0 saturated heterocycles. The molecule has 0 unspecified atom stereocenters. The molecule has 1 nitrogen and oxygen atoms in total. The second-order valence-electron chi connectivity index (χ2n) is 5.27. The third-order valence-corrected chi connectivity index (χ3v) is 4.14. The van der Waals surface area contributed by atoms with Crippen LogP contribution >= 0.6 is 11.8 Å². The summed E-state index contributed by atoms with van der Waals surface area (Å²) >= 11 is 1.26. The van der Waals surface area contributed by atoms with Gasteiger partial charge in [-0.3, -0.25) is 0 Å². The Hall–Kier alpha value is -1.39. The van der Waals surface area contributed by atoms with Gasteiger partial charge in [-0.1, -0.05) is 43.8 Å². The fraction of sp³-hybridized carbons (Fsp3) is 0.294. The molecule has 112 valence electrons. The standard InChI is InChI=1S/C17H19F2NS/c1-12(2)10-20-11-13-14(18)7-5-9-16(13)21-17-8-4-3-6-15(17)19/h3-9,12,20H,10-11H2,1-2H3. The van der Waals surface area contributed by atoms with Gasteiger partial charge in [0.2, 0.25) is 0 Å². The number of hydrogen-bond donors (Lipinski definition) is 1. The number of halogens is 2. The van der Waals surface area contributed by atoms with Crippen molar-refractivity contribution in [3.63, 3.8) is 0 Å². The summed E-state index contributed by atoms with van der Waals surface area (Å²) in [6.07, 6.45) is 0. The molecule has 0 heterocycles. The highest BCUT2D eigenvalue weighted by Crippen LogP contribution is 2.33. The Labute approximate surface area is 128 Å². The minimum atomic E-state index is -0.284. The Balaban J connectivity index is 2.19. The van der Waals surface area contributed by atoms with Crippen LogP contribution in [0.25, 0.3) is 0 Å². The zero-order valence-electron chi connectivity index (χ0n) is 12.2. The number of rotatable bonds is 6.